The summed E-state index contributed by atoms with van der Waals surface area (Å²) in [6.07, 6.45) is 4.40. The van der Waals surface area contributed by atoms with E-state index in [4.69, 9.17) is 11.6 Å². The fourth-order valence-electron chi connectivity index (χ4n) is 4.40. The minimum Gasteiger partial charge on any atom is -0.348 e. The highest BCUT2D eigenvalue weighted by Gasteiger charge is 2.28. The lowest BCUT2D eigenvalue weighted by Crippen LogP contribution is -2.52. The number of carbonyl (C=O) groups is 1. The second-order valence-electron chi connectivity index (χ2n) is 7.93. The van der Waals surface area contributed by atoms with Crippen molar-refractivity contribution in [1.82, 2.24) is 10.6 Å². The second kappa shape index (κ2) is 10.3. The van der Waals surface area contributed by atoms with E-state index in [0.29, 0.717) is 10.6 Å². The molecule has 3 nitrogen and oxygen atoms in total. The average Bonchev–Trinajstić information content (AvgIpc) is 2.75. The summed E-state index contributed by atoms with van der Waals surface area (Å²) in [5.74, 6) is -0.0295. The first-order valence-electron chi connectivity index (χ1n) is 10.4. The number of halogens is 2. The normalized spacial score (nSPS) is 19.7. The van der Waals surface area contributed by atoms with Crippen LogP contribution in [0.25, 0.3) is 10.8 Å². The molecule has 0 heterocycles. The Balaban J connectivity index is 0.00000256. The second-order valence-corrected chi connectivity index (χ2v) is 8.37. The molecule has 0 spiro atoms. The molecule has 4 rings (SSSR count). The Labute approximate surface area is 189 Å². The first-order chi connectivity index (χ1) is 14.1. The highest BCUT2D eigenvalue weighted by molar-refractivity contribution is 6.30. The van der Waals surface area contributed by atoms with Crippen molar-refractivity contribution < 1.29 is 4.79 Å². The van der Waals surface area contributed by atoms with Gasteiger partial charge in [0.1, 0.15) is 0 Å². The summed E-state index contributed by atoms with van der Waals surface area (Å²) in [6, 6.07) is 22.7. The predicted molar refractivity (Wildman–Crippen MR) is 128 cm³/mol. The van der Waals surface area contributed by atoms with Crippen molar-refractivity contribution in [1.29, 1.82) is 0 Å². The van der Waals surface area contributed by atoms with Gasteiger partial charge in [0.2, 0.25) is 0 Å². The summed E-state index contributed by atoms with van der Waals surface area (Å²) in [5.41, 5.74) is 1.96. The van der Waals surface area contributed by atoms with Crippen molar-refractivity contribution >= 4 is 40.7 Å². The summed E-state index contributed by atoms with van der Waals surface area (Å²) < 4.78 is 0. The Morgan fingerprint density at radius 3 is 2.37 bits per heavy atom. The zero-order chi connectivity index (χ0) is 20.2. The van der Waals surface area contributed by atoms with Crippen molar-refractivity contribution in [2.75, 3.05) is 0 Å². The molecule has 3 atom stereocenters. The van der Waals surface area contributed by atoms with Crippen LogP contribution in [0.15, 0.2) is 66.7 Å². The van der Waals surface area contributed by atoms with Crippen LogP contribution in [0.4, 0.5) is 0 Å². The molecule has 0 aliphatic heterocycles. The maximum Gasteiger partial charge on any atom is 0.251 e. The van der Waals surface area contributed by atoms with Gasteiger partial charge in [0.05, 0.1) is 0 Å². The monoisotopic (exact) mass is 442 g/mol. The molecule has 0 saturated heterocycles. The molecule has 0 aromatic heterocycles. The third-order valence-corrected chi connectivity index (χ3v) is 6.19. The minimum atomic E-state index is -0.0295. The van der Waals surface area contributed by atoms with Gasteiger partial charge in [0.15, 0.2) is 0 Å². The van der Waals surface area contributed by atoms with Crippen LogP contribution < -0.4 is 10.6 Å². The largest absolute Gasteiger partial charge is 0.348 e. The van der Waals surface area contributed by atoms with E-state index in [1.807, 2.05) is 0 Å². The molecule has 30 heavy (non-hydrogen) atoms. The summed E-state index contributed by atoms with van der Waals surface area (Å²) in [4.78, 5) is 12.7. The van der Waals surface area contributed by atoms with Gasteiger partial charge in [-0.25, -0.2) is 0 Å². The molecule has 5 heteroatoms. The zero-order valence-corrected chi connectivity index (χ0v) is 18.7. The molecule has 158 valence electrons. The number of nitrogens with one attached hydrogen (secondary N) is 2. The van der Waals surface area contributed by atoms with E-state index in [9.17, 15) is 4.79 Å². The molecule has 1 unspecified atom stereocenters. The molecule has 3 aromatic carbocycles. The number of carbonyl (C=O) groups excluding carboxylic acids is 1. The minimum absolute atomic E-state index is 0. The molecule has 1 fully saturated rings. The van der Waals surface area contributed by atoms with Crippen LogP contribution in [0.3, 0.4) is 0 Å². The van der Waals surface area contributed by atoms with E-state index >= 15 is 0 Å². The molecular formula is C25H28Cl2N2O. The van der Waals surface area contributed by atoms with Crippen molar-refractivity contribution in [3.63, 3.8) is 0 Å². The van der Waals surface area contributed by atoms with Crippen LogP contribution in [0.2, 0.25) is 5.02 Å². The highest BCUT2D eigenvalue weighted by Crippen LogP contribution is 2.27. The van der Waals surface area contributed by atoms with Gasteiger partial charge in [-0.1, -0.05) is 66.9 Å². The van der Waals surface area contributed by atoms with Crippen LogP contribution in [0.5, 0.6) is 0 Å². The summed E-state index contributed by atoms with van der Waals surface area (Å²) in [6.45, 7) is 2.22. The summed E-state index contributed by atoms with van der Waals surface area (Å²) in [7, 11) is 0. The maximum atomic E-state index is 12.7. The van der Waals surface area contributed by atoms with E-state index < -0.39 is 0 Å². The van der Waals surface area contributed by atoms with E-state index in [0.717, 1.165) is 19.3 Å². The Hall–Kier alpha value is -2.07. The fraction of sp³-hybridized carbons (Fsp3) is 0.320. The number of amides is 1. The summed E-state index contributed by atoms with van der Waals surface area (Å²) in [5, 5.41) is 10.2. The Morgan fingerprint density at radius 2 is 1.60 bits per heavy atom. The highest BCUT2D eigenvalue weighted by atomic mass is 35.5. The molecule has 1 aliphatic rings. The maximum absolute atomic E-state index is 12.7. The summed E-state index contributed by atoms with van der Waals surface area (Å²) >= 11 is 5.95. The van der Waals surface area contributed by atoms with Gasteiger partial charge < -0.3 is 10.6 Å². The standard InChI is InChI=1S/C25H27ClN2O.ClH/c1-17(21-10-6-8-18-7-2-3-9-22(18)21)27-23-11-4-5-12-24(23)28-25(29)19-13-15-20(26)16-14-19;/h2-3,6-10,13-17,23-24,27H,4-5,11-12H2,1H3,(H,28,29);1H/t17?,23-,24-;/m0./s1. The number of rotatable bonds is 5. The average molecular weight is 443 g/mol. The predicted octanol–water partition coefficient (Wildman–Crippen LogP) is 6.31. The van der Waals surface area contributed by atoms with E-state index in [-0.39, 0.29) is 36.4 Å². The van der Waals surface area contributed by atoms with Gasteiger partial charge in [-0.2, -0.15) is 0 Å². The van der Waals surface area contributed by atoms with E-state index in [1.165, 1.54) is 22.8 Å². The van der Waals surface area contributed by atoms with Gasteiger partial charge >= 0.3 is 0 Å². The fourth-order valence-corrected chi connectivity index (χ4v) is 4.52. The van der Waals surface area contributed by atoms with Crippen LogP contribution in [-0.2, 0) is 0 Å². The lowest BCUT2D eigenvalue weighted by atomic mass is 9.88. The SMILES string of the molecule is CC(N[C@H]1CCCC[C@@H]1NC(=O)c1ccc(Cl)cc1)c1cccc2ccccc12.Cl. The molecule has 2 N–H and O–H groups in total. The molecular weight excluding hydrogens is 415 g/mol. The first kappa shape index (κ1) is 22.6. The Bertz CT molecular complexity index is 985. The quantitative estimate of drug-likeness (QED) is 0.486. The third kappa shape index (κ3) is 5.15. The van der Waals surface area contributed by atoms with Gasteiger partial charge in [-0.05, 0) is 60.4 Å². The third-order valence-electron chi connectivity index (χ3n) is 5.94. The van der Waals surface area contributed by atoms with Gasteiger partial charge in [-0.3, -0.25) is 4.79 Å². The van der Waals surface area contributed by atoms with Crippen LogP contribution >= 0.6 is 24.0 Å². The number of hydrogen-bond donors (Lipinski definition) is 2. The van der Waals surface area contributed by atoms with Gasteiger partial charge in [0, 0.05) is 28.7 Å². The zero-order valence-electron chi connectivity index (χ0n) is 17.1. The first-order valence-corrected chi connectivity index (χ1v) is 10.8. The van der Waals surface area contributed by atoms with Crippen molar-refractivity contribution in [3.05, 3.63) is 82.9 Å². The van der Waals surface area contributed by atoms with Crippen molar-refractivity contribution in [2.24, 2.45) is 0 Å². The van der Waals surface area contributed by atoms with Gasteiger partial charge in [-0.15, -0.1) is 12.4 Å². The molecule has 1 aliphatic carbocycles. The number of benzene rings is 3. The van der Waals surface area contributed by atoms with Crippen molar-refractivity contribution in [3.8, 4) is 0 Å². The number of hydrogen-bond acceptors (Lipinski definition) is 2. The molecule has 1 saturated carbocycles. The Morgan fingerprint density at radius 1 is 0.933 bits per heavy atom. The van der Waals surface area contributed by atoms with Gasteiger partial charge in [0.25, 0.3) is 5.91 Å². The smallest absolute Gasteiger partial charge is 0.251 e. The molecule has 1 amide bonds. The van der Waals surface area contributed by atoms with E-state index in [1.54, 1.807) is 24.3 Å². The van der Waals surface area contributed by atoms with Crippen LogP contribution in [0.1, 0.15) is 54.6 Å². The molecule has 0 radical (unpaired) electrons. The lowest BCUT2D eigenvalue weighted by Gasteiger charge is -2.35. The molecule has 3 aromatic rings. The molecule has 0 bridgehead atoms. The number of fused-ring (bicyclic) bond motifs is 1. The van der Waals surface area contributed by atoms with Crippen LogP contribution in [0, 0.1) is 0 Å². The van der Waals surface area contributed by atoms with Crippen molar-refractivity contribution in [2.45, 2.75) is 50.7 Å². The Kier molecular flexibility index (Phi) is 7.76. The van der Waals surface area contributed by atoms with Crippen LogP contribution in [-0.4, -0.2) is 18.0 Å². The topological polar surface area (TPSA) is 41.1 Å². The van der Waals surface area contributed by atoms with E-state index in [2.05, 4.69) is 60.0 Å². The lowest BCUT2D eigenvalue weighted by molar-refractivity contribution is 0.0913.